The zero-order valence-corrected chi connectivity index (χ0v) is 23.1. The number of amidine groups is 1. The number of hydrogen-bond acceptors (Lipinski definition) is 6. The summed E-state index contributed by atoms with van der Waals surface area (Å²) >= 11 is 6.71. The first-order chi connectivity index (χ1) is 18.2. The van der Waals surface area contributed by atoms with Gasteiger partial charge in [0.2, 0.25) is 6.41 Å². The fourth-order valence-corrected chi connectivity index (χ4v) is 5.49. The highest BCUT2D eigenvalue weighted by atomic mass is 35.5. The van der Waals surface area contributed by atoms with Gasteiger partial charge in [0.05, 0.1) is 21.9 Å². The molecule has 3 atom stereocenters. The van der Waals surface area contributed by atoms with E-state index in [1.165, 1.54) is 6.08 Å². The van der Waals surface area contributed by atoms with Crippen LogP contribution >= 0.6 is 11.6 Å². The molecule has 1 aromatic heterocycles. The lowest BCUT2D eigenvalue weighted by Gasteiger charge is -2.41. The Kier molecular flexibility index (Phi) is 8.99. The molecule has 0 radical (unpaired) electrons. The molecule has 0 spiro atoms. The molecule has 1 aromatic rings. The van der Waals surface area contributed by atoms with Crippen molar-refractivity contribution >= 4 is 41.5 Å². The van der Waals surface area contributed by atoms with Gasteiger partial charge >= 0.3 is 0 Å². The Morgan fingerprint density at radius 1 is 1.39 bits per heavy atom. The summed E-state index contributed by atoms with van der Waals surface area (Å²) in [5, 5.41) is 13.3. The van der Waals surface area contributed by atoms with Crippen molar-refractivity contribution < 1.29 is 14.3 Å². The number of piperazine rings is 1. The molecule has 1 saturated heterocycles. The molecule has 0 aromatic carbocycles. The Morgan fingerprint density at radius 2 is 2.18 bits per heavy atom. The van der Waals surface area contributed by atoms with Crippen molar-refractivity contribution in [2.75, 3.05) is 32.0 Å². The standard InChI is InChI=1S/C28H36ClFN6O2/c1-17(2)13-19-7-6-10-31-26(19)34-28(36-12-11-35(4)15-18(36)3)20-14-21(29)25(33-27(20)32-16-37)24-22(30)8-5-9-23(24)38/h6-8,10,14,16-19,26,38H,5,9,11-13,15H2,1-4H3,(H,32,33,37). The number of aliphatic hydroxyl groups is 1. The van der Waals surface area contributed by atoms with Gasteiger partial charge in [-0.3, -0.25) is 9.79 Å². The van der Waals surface area contributed by atoms with Gasteiger partial charge < -0.3 is 20.2 Å². The Bertz CT molecular complexity index is 1210. The maximum Gasteiger partial charge on any atom is 0.212 e. The lowest BCUT2D eigenvalue weighted by Crippen LogP contribution is -2.53. The number of aliphatic imine (C=N–C) groups is 2. The van der Waals surface area contributed by atoms with Crippen LogP contribution in [0.15, 0.2) is 45.9 Å². The van der Waals surface area contributed by atoms with Crippen molar-refractivity contribution in [2.45, 2.75) is 52.2 Å². The smallest absolute Gasteiger partial charge is 0.212 e. The molecule has 4 rings (SSSR count). The van der Waals surface area contributed by atoms with E-state index in [-0.39, 0.29) is 52.4 Å². The third-order valence-corrected chi connectivity index (χ3v) is 7.34. The number of halogens is 2. The number of allylic oxidation sites excluding steroid dienone is 5. The summed E-state index contributed by atoms with van der Waals surface area (Å²) in [6.07, 6.45) is 9.03. The van der Waals surface area contributed by atoms with E-state index in [1.807, 2.05) is 6.08 Å². The zero-order chi connectivity index (χ0) is 27.4. The summed E-state index contributed by atoms with van der Waals surface area (Å²) in [5.41, 5.74) is 0.551. The summed E-state index contributed by atoms with van der Waals surface area (Å²) in [5.74, 6) is 0.689. The number of dihydropyridines is 1. The maximum atomic E-state index is 14.8. The summed E-state index contributed by atoms with van der Waals surface area (Å²) in [6, 6.07) is 1.77. The predicted octanol–water partition coefficient (Wildman–Crippen LogP) is 5.23. The molecule has 3 unspecified atom stereocenters. The summed E-state index contributed by atoms with van der Waals surface area (Å²) in [4.78, 5) is 30.6. The fraction of sp³-hybridized carbons (Fsp3) is 0.500. The molecule has 8 nitrogen and oxygen atoms in total. The van der Waals surface area contributed by atoms with E-state index in [4.69, 9.17) is 21.6 Å². The lowest BCUT2D eigenvalue weighted by atomic mass is 9.93. The van der Waals surface area contributed by atoms with Crippen LogP contribution in [0.2, 0.25) is 5.02 Å². The van der Waals surface area contributed by atoms with Crippen LogP contribution in [-0.2, 0) is 4.79 Å². The van der Waals surface area contributed by atoms with Crippen LogP contribution in [0, 0.1) is 11.8 Å². The second kappa shape index (κ2) is 12.2. The van der Waals surface area contributed by atoms with Crippen LogP contribution < -0.4 is 5.32 Å². The van der Waals surface area contributed by atoms with Crippen LogP contribution in [-0.4, -0.2) is 77.2 Å². The molecule has 204 valence electrons. The van der Waals surface area contributed by atoms with Gasteiger partial charge in [0.25, 0.3) is 0 Å². The fourth-order valence-electron chi connectivity index (χ4n) is 5.24. The quantitative estimate of drug-likeness (QED) is 0.279. The first-order valence-electron chi connectivity index (χ1n) is 13.1. The van der Waals surface area contributed by atoms with Gasteiger partial charge in [0.1, 0.15) is 29.4 Å². The van der Waals surface area contributed by atoms with Crippen LogP contribution in [0.5, 0.6) is 0 Å². The summed E-state index contributed by atoms with van der Waals surface area (Å²) < 4.78 is 14.8. The number of amides is 1. The monoisotopic (exact) mass is 542 g/mol. The van der Waals surface area contributed by atoms with Gasteiger partial charge in [-0.25, -0.2) is 14.4 Å². The molecular formula is C28H36ClFN6O2. The first-order valence-corrected chi connectivity index (χ1v) is 13.5. The van der Waals surface area contributed by atoms with E-state index in [1.54, 1.807) is 12.3 Å². The number of nitrogens with one attached hydrogen (secondary N) is 1. The third kappa shape index (κ3) is 6.15. The van der Waals surface area contributed by atoms with Crippen molar-refractivity contribution in [1.29, 1.82) is 0 Å². The average Bonchev–Trinajstić information content (AvgIpc) is 2.85. The SMILES string of the molecule is CC(C)CC1C=CC=NC1N=C(c1cc(Cl)c(C2=C(O)CCC=C2F)nc1NC=O)N1CCN(C)CC1C. The largest absolute Gasteiger partial charge is 0.511 e. The van der Waals surface area contributed by atoms with Crippen LogP contribution in [0.25, 0.3) is 5.57 Å². The highest BCUT2D eigenvalue weighted by Gasteiger charge is 2.31. The predicted molar refractivity (Wildman–Crippen MR) is 151 cm³/mol. The molecule has 1 amide bonds. The first kappa shape index (κ1) is 28.0. The summed E-state index contributed by atoms with van der Waals surface area (Å²) in [6.45, 7) is 8.85. The van der Waals surface area contributed by atoms with Crippen LogP contribution in [0.4, 0.5) is 10.2 Å². The minimum Gasteiger partial charge on any atom is -0.511 e. The second-order valence-electron chi connectivity index (χ2n) is 10.5. The van der Waals surface area contributed by atoms with Gasteiger partial charge in [-0.2, -0.15) is 0 Å². The van der Waals surface area contributed by atoms with E-state index < -0.39 is 5.83 Å². The Morgan fingerprint density at radius 3 is 2.87 bits per heavy atom. The average molecular weight is 543 g/mol. The van der Waals surface area contributed by atoms with Crippen LogP contribution in [0.3, 0.4) is 0 Å². The van der Waals surface area contributed by atoms with E-state index in [0.717, 1.165) is 19.5 Å². The van der Waals surface area contributed by atoms with Crippen molar-refractivity contribution in [1.82, 2.24) is 14.8 Å². The highest BCUT2D eigenvalue weighted by Crippen LogP contribution is 2.38. The van der Waals surface area contributed by atoms with Gasteiger partial charge in [-0.15, -0.1) is 0 Å². The molecule has 10 heteroatoms. The Balaban J connectivity index is 1.87. The Labute approximate surface area is 228 Å². The van der Waals surface area contributed by atoms with Crippen molar-refractivity contribution in [3.8, 4) is 0 Å². The van der Waals surface area contributed by atoms with Gasteiger partial charge in [0, 0.05) is 44.2 Å². The normalized spacial score (nSPS) is 24.7. The number of aromatic nitrogens is 1. The molecule has 3 heterocycles. The Hall–Kier alpha value is -3.04. The van der Waals surface area contributed by atoms with Crippen molar-refractivity contribution in [3.05, 3.63) is 52.2 Å². The van der Waals surface area contributed by atoms with Gasteiger partial charge in [-0.1, -0.05) is 31.5 Å². The number of rotatable bonds is 7. The topological polar surface area (TPSA) is 93.4 Å². The zero-order valence-electron chi connectivity index (χ0n) is 22.4. The molecule has 2 aliphatic heterocycles. The molecule has 1 fully saturated rings. The number of nitrogens with zero attached hydrogens (tertiary/aromatic N) is 5. The van der Waals surface area contributed by atoms with E-state index in [2.05, 4.69) is 54.0 Å². The van der Waals surface area contributed by atoms with E-state index in [9.17, 15) is 14.3 Å². The van der Waals surface area contributed by atoms with Crippen molar-refractivity contribution in [3.63, 3.8) is 0 Å². The highest BCUT2D eigenvalue weighted by molar-refractivity contribution is 6.33. The minimum atomic E-state index is -0.589. The van der Waals surface area contributed by atoms with Gasteiger partial charge in [0.15, 0.2) is 0 Å². The number of likely N-dealkylation sites (N-methyl/N-ethyl adjacent to an activating group) is 1. The number of carbonyl (C=O) groups excluding carboxylic acids is 1. The van der Waals surface area contributed by atoms with Crippen LogP contribution in [0.1, 0.15) is 51.3 Å². The minimum absolute atomic E-state index is 0.0489. The molecule has 38 heavy (non-hydrogen) atoms. The second-order valence-corrected chi connectivity index (χ2v) is 10.9. The molecule has 3 aliphatic rings. The van der Waals surface area contributed by atoms with E-state index >= 15 is 0 Å². The summed E-state index contributed by atoms with van der Waals surface area (Å²) in [7, 11) is 2.08. The maximum absolute atomic E-state index is 14.8. The van der Waals surface area contributed by atoms with Crippen molar-refractivity contribution in [2.24, 2.45) is 21.8 Å². The molecular weight excluding hydrogens is 507 g/mol. The molecule has 1 aliphatic carbocycles. The number of anilines is 1. The number of hydrogen-bond donors (Lipinski definition) is 2. The van der Waals surface area contributed by atoms with Gasteiger partial charge in [-0.05, 0) is 50.9 Å². The number of carbonyl (C=O) groups is 1. The molecule has 0 saturated carbocycles. The third-order valence-electron chi connectivity index (χ3n) is 7.05. The molecule has 0 bridgehead atoms. The molecule has 2 N–H and O–H groups in total. The number of aliphatic hydroxyl groups excluding tert-OH is 1. The lowest BCUT2D eigenvalue weighted by molar-refractivity contribution is -0.105. The number of pyridine rings is 1. The van der Waals surface area contributed by atoms with E-state index in [0.29, 0.717) is 36.7 Å².